The molecule has 104 valence electrons. The second-order valence-corrected chi connectivity index (χ2v) is 5.52. The van der Waals surface area contributed by atoms with E-state index >= 15 is 0 Å². The first-order valence-corrected chi connectivity index (χ1v) is 6.68. The first-order chi connectivity index (χ1) is 8.41. The molecule has 0 spiro atoms. The van der Waals surface area contributed by atoms with Gasteiger partial charge in [-0.2, -0.15) is 0 Å². The second-order valence-electron chi connectivity index (χ2n) is 5.21. The number of terminal acetylenes is 1. The summed E-state index contributed by atoms with van der Waals surface area (Å²) in [6, 6.07) is 0. The van der Waals surface area contributed by atoms with E-state index in [1.165, 1.54) is 0 Å². The van der Waals surface area contributed by atoms with Gasteiger partial charge in [-0.05, 0) is 11.3 Å². The maximum Gasteiger partial charge on any atom is 0.306 e. The van der Waals surface area contributed by atoms with Crippen molar-refractivity contribution in [1.29, 1.82) is 0 Å². The van der Waals surface area contributed by atoms with Gasteiger partial charge in [0.25, 0.3) is 0 Å². The van der Waals surface area contributed by atoms with Gasteiger partial charge in [0.1, 0.15) is 6.61 Å². The molecular weight excluding hydrogens is 252 g/mol. The number of carbonyl (C=O) groups excluding carboxylic acids is 1. The Bertz CT molecular complexity index is 276. The molecule has 4 heteroatoms. The minimum Gasteiger partial charge on any atom is -0.463 e. The molecule has 0 aliphatic rings. The lowest BCUT2D eigenvalue weighted by Crippen LogP contribution is -2.26. The normalized spacial score (nSPS) is 12.8. The Morgan fingerprint density at radius 1 is 1.33 bits per heavy atom. The summed E-state index contributed by atoms with van der Waals surface area (Å²) in [6.45, 7) is 7.35. The third kappa shape index (κ3) is 8.38. The smallest absolute Gasteiger partial charge is 0.306 e. The number of rotatable bonds is 8. The molecule has 0 aromatic rings. The van der Waals surface area contributed by atoms with Crippen molar-refractivity contribution in [2.75, 3.05) is 25.7 Å². The summed E-state index contributed by atoms with van der Waals surface area (Å²) in [5, 5.41) is 0. The number of esters is 1. The number of ether oxygens (including phenoxy) is 2. The standard InChI is InChI=1S/C14H23ClO3/c1-5-6-7-17-8-9-18-13(16)10-12(11-15)14(2,3)4/h1,12H,6-11H2,2-4H3. The van der Waals surface area contributed by atoms with E-state index in [4.69, 9.17) is 27.5 Å². The van der Waals surface area contributed by atoms with Crippen molar-refractivity contribution in [2.45, 2.75) is 33.6 Å². The van der Waals surface area contributed by atoms with Crippen LogP contribution in [0.2, 0.25) is 0 Å². The van der Waals surface area contributed by atoms with Crippen LogP contribution in [0.4, 0.5) is 0 Å². The van der Waals surface area contributed by atoms with Crippen LogP contribution in [0.15, 0.2) is 0 Å². The van der Waals surface area contributed by atoms with E-state index in [2.05, 4.69) is 26.7 Å². The van der Waals surface area contributed by atoms with Gasteiger partial charge in [-0.3, -0.25) is 4.79 Å². The molecule has 1 atom stereocenters. The third-order valence-electron chi connectivity index (χ3n) is 2.71. The van der Waals surface area contributed by atoms with Gasteiger partial charge < -0.3 is 9.47 Å². The summed E-state index contributed by atoms with van der Waals surface area (Å²) in [5.41, 5.74) is 0.00403. The van der Waals surface area contributed by atoms with Crippen LogP contribution in [-0.4, -0.2) is 31.7 Å². The molecule has 0 saturated heterocycles. The number of halogens is 1. The fraction of sp³-hybridized carbons (Fsp3) is 0.786. The molecule has 3 nitrogen and oxygen atoms in total. The predicted molar refractivity (Wildman–Crippen MR) is 73.5 cm³/mol. The molecule has 0 bridgehead atoms. The molecule has 0 fully saturated rings. The Morgan fingerprint density at radius 3 is 2.50 bits per heavy atom. The van der Waals surface area contributed by atoms with Gasteiger partial charge in [-0.15, -0.1) is 23.9 Å². The first-order valence-electron chi connectivity index (χ1n) is 6.14. The van der Waals surface area contributed by atoms with Gasteiger partial charge in [0.15, 0.2) is 0 Å². The van der Waals surface area contributed by atoms with Crippen LogP contribution < -0.4 is 0 Å². The quantitative estimate of drug-likeness (QED) is 0.295. The Kier molecular flexibility index (Phi) is 8.87. The van der Waals surface area contributed by atoms with E-state index in [0.29, 0.717) is 31.9 Å². The minimum atomic E-state index is -0.226. The molecule has 0 aromatic heterocycles. The third-order valence-corrected chi connectivity index (χ3v) is 3.08. The zero-order valence-corrected chi connectivity index (χ0v) is 12.3. The van der Waals surface area contributed by atoms with Crippen molar-refractivity contribution in [3.63, 3.8) is 0 Å². The largest absolute Gasteiger partial charge is 0.463 e. The van der Waals surface area contributed by atoms with Crippen molar-refractivity contribution in [3.05, 3.63) is 0 Å². The van der Waals surface area contributed by atoms with E-state index in [-0.39, 0.29) is 23.9 Å². The number of hydrogen-bond donors (Lipinski definition) is 0. The Balaban J connectivity index is 3.74. The van der Waals surface area contributed by atoms with Crippen LogP contribution in [0.25, 0.3) is 0 Å². The lowest BCUT2D eigenvalue weighted by molar-refractivity contribution is -0.147. The van der Waals surface area contributed by atoms with Crippen molar-refractivity contribution in [2.24, 2.45) is 11.3 Å². The summed E-state index contributed by atoms with van der Waals surface area (Å²) in [5.74, 6) is 2.82. The highest BCUT2D eigenvalue weighted by molar-refractivity contribution is 6.18. The van der Waals surface area contributed by atoms with Crippen LogP contribution in [0, 0.1) is 23.7 Å². The summed E-state index contributed by atoms with van der Waals surface area (Å²) < 4.78 is 10.3. The van der Waals surface area contributed by atoms with Crippen LogP contribution in [0.5, 0.6) is 0 Å². The molecular formula is C14H23ClO3. The Morgan fingerprint density at radius 2 is 2.00 bits per heavy atom. The monoisotopic (exact) mass is 274 g/mol. The molecule has 0 aromatic carbocycles. The zero-order chi connectivity index (χ0) is 14.0. The highest BCUT2D eigenvalue weighted by Gasteiger charge is 2.26. The van der Waals surface area contributed by atoms with Crippen LogP contribution >= 0.6 is 11.6 Å². The molecule has 0 heterocycles. The number of hydrogen-bond acceptors (Lipinski definition) is 3. The topological polar surface area (TPSA) is 35.5 Å². The molecule has 0 aliphatic carbocycles. The van der Waals surface area contributed by atoms with E-state index in [0.717, 1.165) is 0 Å². The van der Waals surface area contributed by atoms with Gasteiger partial charge in [0.2, 0.25) is 0 Å². The Labute approximate surface area is 115 Å². The molecule has 0 aliphatic heterocycles. The van der Waals surface area contributed by atoms with Crippen molar-refractivity contribution >= 4 is 17.6 Å². The SMILES string of the molecule is C#CCCOCCOC(=O)CC(CCl)C(C)(C)C. The van der Waals surface area contributed by atoms with E-state index in [1.54, 1.807) is 0 Å². The summed E-state index contributed by atoms with van der Waals surface area (Å²) in [7, 11) is 0. The van der Waals surface area contributed by atoms with Gasteiger partial charge in [0.05, 0.1) is 13.2 Å². The van der Waals surface area contributed by atoms with Gasteiger partial charge >= 0.3 is 5.97 Å². The first kappa shape index (κ1) is 17.3. The molecule has 0 saturated carbocycles. The average molecular weight is 275 g/mol. The van der Waals surface area contributed by atoms with Crippen molar-refractivity contribution in [1.82, 2.24) is 0 Å². The predicted octanol–water partition coefficient (Wildman–Crippen LogP) is 2.86. The maximum absolute atomic E-state index is 11.6. The molecule has 18 heavy (non-hydrogen) atoms. The minimum absolute atomic E-state index is 0.00403. The maximum atomic E-state index is 11.6. The van der Waals surface area contributed by atoms with E-state index < -0.39 is 0 Å². The summed E-state index contributed by atoms with van der Waals surface area (Å²) in [4.78, 5) is 11.6. The fourth-order valence-electron chi connectivity index (χ4n) is 1.30. The summed E-state index contributed by atoms with van der Waals surface area (Å²) in [6.07, 6.45) is 5.99. The highest BCUT2D eigenvalue weighted by atomic mass is 35.5. The molecule has 1 unspecified atom stereocenters. The lowest BCUT2D eigenvalue weighted by Gasteiger charge is -2.28. The van der Waals surface area contributed by atoms with Crippen LogP contribution in [-0.2, 0) is 14.3 Å². The zero-order valence-electron chi connectivity index (χ0n) is 11.5. The van der Waals surface area contributed by atoms with Crippen molar-refractivity contribution < 1.29 is 14.3 Å². The van der Waals surface area contributed by atoms with Crippen LogP contribution in [0.1, 0.15) is 33.6 Å². The number of alkyl halides is 1. The van der Waals surface area contributed by atoms with Crippen molar-refractivity contribution in [3.8, 4) is 12.3 Å². The second kappa shape index (κ2) is 9.24. The van der Waals surface area contributed by atoms with Gasteiger partial charge in [-0.1, -0.05) is 20.8 Å². The fourth-order valence-corrected chi connectivity index (χ4v) is 1.87. The van der Waals surface area contributed by atoms with Gasteiger partial charge in [0, 0.05) is 18.7 Å². The summed E-state index contributed by atoms with van der Waals surface area (Å²) >= 11 is 5.86. The van der Waals surface area contributed by atoms with Crippen LogP contribution in [0.3, 0.4) is 0 Å². The van der Waals surface area contributed by atoms with E-state index in [1.807, 2.05) is 0 Å². The average Bonchev–Trinajstić information content (AvgIpc) is 2.29. The van der Waals surface area contributed by atoms with E-state index in [9.17, 15) is 4.79 Å². The Hall–Kier alpha value is -0.720. The van der Waals surface area contributed by atoms with Gasteiger partial charge in [-0.25, -0.2) is 0 Å². The number of carbonyl (C=O) groups is 1. The molecule has 0 rings (SSSR count). The molecule has 0 N–H and O–H groups in total. The lowest BCUT2D eigenvalue weighted by atomic mass is 9.80. The highest BCUT2D eigenvalue weighted by Crippen LogP contribution is 2.29. The molecule has 0 amide bonds. The molecule has 0 radical (unpaired) electrons.